The van der Waals surface area contributed by atoms with Gasteiger partial charge in [-0.2, -0.15) is 0 Å². The van der Waals surface area contributed by atoms with E-state index in [0.29, 0.717) is 6.61 Å². The summed E-state index contributed by atoms with van der Waals surface area (Å²) >= 11 is 1.58. The number of rotatable bonds is 6. The lowest BCUT2D eigenvalue weighted by Gasteiger charge is -1.99. The molecule has 0 aliphatic heterocycles. The lowest BCUT2D eigenvalue weighted by molar-refractivity contribution is 0.199. The first kappa shape index (κ1) is 13.1. The van der Waals surface area contributed by atoms with Crippen molar-refractivity contribution in [2.75, 3.05) is 20.3 Å². The van der Waals surface area contributed by atoms with Crippen LogP contribution in [0.4, 0.5) is 0 Å². The third kappa shape index (κ3) is 3.56. The average Bonchev–Trinajstić information content (AvgIpc) is 2.84. The van der Waals surface area contributed by atoms with Crippen LogP contribution in [0.3, 0.4) is 0 Å². The van der Waals surface area contributed by atoms with Gasteiger partial charge in [0.15, 0.2) is 0 Å². The van der Waals surface area contributed by atoms with Gasteiger partial charge in [0.2, 0.25) is 0 Å². The number of pyridine rings is 1. The minimum atomic E-state index is 0.702. The van der Waals surface area contributed by atoms with Crippen LogP contribution in [0.5, 0.6) is 0 Å². The van der Waals surface area contributed by atoms with Crippen LogP contribution >= 0.6 is 11.3 Å². The van der Waals surface area contributed by atoms with E-state index in [4.69, 9.17) is 4.74 Å². The Morgan fingerprint density at radius 1 is 1.33 bits per heavy atom. The van der Waals surface area contributed by atoms with E-state index in [1.807, 2.05) is 25.3 Å². The van der Waals surface area contributed by atoms with Crippen LogP contribution in [-0.4, -0.2) is 35.4 Å². The zero-order valence-electron chi connectivity index (χ0n) is 10.5. The normalized spacial score (nSPS) is 10.8. The van der Waals surface area contributed by atoms with E-state index in [1.165, 1.54) is 0 Å². The van der Waals surface area contributed by atoms with E-state index in [1.54, 1.807) is 18.4 Å². The Balaban J connectivity index is 1.95. The fourth-order valence-corrected chi connectivity index (χ4v) is 2.20. The molecule has 2 aromatic rings. The monoisotopic (exact) mass is 264 g/mol. The second-order valence-corrected chi connectivity index (χ2v) is 4.92. The maximum absolute atomic E-state index is 4.96. The van der Waals surface area contributed by atoms with Crippen molar-refractivity contribution in [1.29, 1.82) is 0 Å². The summed E-state index contributed by atoms with van der Waals surface area (Å²) in [6.45, 7) is 4.21. The van der Waals surface area contributed by atoms with Gasteiger partial charge in [-0.3, -0.25) is 4.98 Å². The molecule has 0 amide bonds. The number of aromatic nitrogens is 3. The Hall–Kier alpha value is -1.37. The summed E-state index contributed by atoms with van der Waals surface area (Å²) < 4.78 is 4.96. The van der Waals surface area contributed by atoms with Gasteiger partial charge in [0.25, 0.3) is 0 Å². The van der Waals surface area contributed by atoms with Crippen LogP contribution in [-0.2, 0) is 11.3 Å². The van der Waals surface area contributed by atoms with Crippen molar-refractivity contribution in [3.05, 3.63) is 29.0 Å². The molecule has 96 valence electrons. The first-order valence-corrected chi connectivity index (χ1v) is 6.56. The Morgan fingerprint density at radius 3 is 2.94 bits per heavy atom. The number of nitrogens with zero attached hydrogens (tertiary/aromatic N) is 3. The molecule has 1 N–H and O–H groups in total. The number of hydrogen-bond donors (Lipinski definition) is 1. The molecular formula is C12H16N4OS. The van der Waals surface area contributed by atoms with Gasteiger partial charge in [-0.05, 0) is 19.1 Å². The predicted molar refractivity (Wildman–Crippen MR) is 71.5 cm³/mol. The van der Waals surface area contributed by atoms with Crippen molar-refractivity contribution in [3.8, 4) is 10.6 Å². The fraction of sp³-hybridized carbons (Fsp3) is 0.417. The summed E-state index contributed by atoms with van der Waals surface area (Å²) in [5.41, 5.74) is 2.02. The minimum absolute atomic E-state index is 0.702. The molecule has 2 aromatic heterocycles. The smallest absolute Gasteiger partial charge is 0.149 e. The number of nitrogens with one attached hydrogen (secondary N) is 1. The van der Waals surface area contributed by atoms with Crippen LogP contribution in [0.25, 0.3) is 10.6 Å². The summed E-state index contributed by atoms with van der Waals surface area (Å²) in [6.07, 6.45) is 1.83. The van der Waals surface area contributed by atoms with E-state index in [0.717, 1.165) is 34.4 Å². The van der Waals surface area contributed by atoms with E-state index >= 15 is 0 Å². The third-order valence-corrected chi connectivity index (χ3v) is 3.36. The highest BCUT2D eigenvalue weighted by molar-refractivity contribution is 7.14. The Bertz CT molecular complexity index is 483. The van der Waals surface area contributed by atoms with Crippen molar-refractivity contribution >= 4 is 11.3 Å². The summed E-state index contributed by atoms with van der Waals surface area (Å²) in [4.78, 5) is 4.26. The quantitative estimate of drug-likeness (QED) is 0.804. The fourth-order valence-electron chi connectivity index (χ4n) is 1.41. The van der Waals surface area contributed by atoms with Crippen LogP contribution in [0, 0.1) is 6.92 Å². The summed E-state index contributed by atoms with van der Waals surface area (Å²) in [5, 5.41) is 13.4. The van der Waals surface area contributed by atoms with Crippen LogP contribution in [0.2, 0.25) is 0 Å². The van der Waals surface area contributed by atoms with E-state index < -0.39 is 0 Å². The molecule has 0 radical (unpaired) electrons. The predicted octanol–water partition coefficient (Wildman–Crippen LogP) is 1.64. The second kappa shape index (κ2) is 6.53. The van der Waals surface area contributed by atoms with Crippen molar-refractivity contribution in [2.24, 2.45) is 0 Å². The maximum Gasteiger partial charge on any atom is 0.149 e. The zero-order chi connectivity index (χ0) is 12.8. The minimum Gasteiger partial charge on any atom is -0.383 e. The molecule has 0 saturated heterocycles. The molecular weight excluding hydrogens is 248 g/mol. The molecule has 5 nitrogen and oxygen atoms in total. The maximum atomic E-state index is 4.96. The molecule has 2 heterocycles. The van der Waals surface area contributed by atoms with Crippen LogP contribution in [0.15, 0.2) is 18.3 Å². The van der Waals surface area contributed by atoms with E-state index in [2.05, 4.69) is 20.5 Å². The van der Waals surface area contributed by atoms with Gasteiger partial charge in [0, 0.05) is 37.7 Å². The highest BCUT2D eigenvalue weighted by atomic mass is 32.1. The molecule has 6 heteroatoms. The van der Waals surface area contributed by atoms with Gasteiger partial charge in [-0.1, -0.05) is 11.3 Å². The molecule has 0 bridgehead atoms. The zero-order valence-corrected chi connectivity index (χ0v) is 11.3. The third-order valence-electron chi connectivity index (χ3n) is 2.38. The highest BCUT2D eigenvalue weighted by Crippen LogP contribution is 2.22. The number of aryl methyl sites for hydroxylation is 1. The number of ether oxygens (including phenoxy) is 1. The highest BCUT2D eigenvalue weighted by Gasteiger charge is 2.06. The Morgan fingerprint density at radius 2 is 2.22 bits per heavy atom. The standard InChI is InChI=1S/C12H16N4OS/c1-9-3-4-10(7-14-9)12-16-15-11(18-12)8-13-5-6-17-2/h3-4,7,13H,5-6,8H2,1-2H3. The van der Waals surface area contributed by atoms with Crippen molar-refractivity contribution in [3.63, 3.8) is 0 Å². The largest absolute Gasteiger partial charge is 0.383 e. The summed E-state index contributed by atoms with van der Waals surface area (Å²) in [5.74, 6) is 0. The van der Waals surface area contributed by atoms with E-state index in [-0.39, 0.29) is 0 Å². The second-order valence-electron chi connectivity index (χ2n) is 3.86. The van der Waals surface area contributed by atoms with Crippen molar-refractivity contribution < 1.29 is 4.74 Å². The van der Waals surface area contributed by atoms with E-state index in [9.17, 15) is 0 Å². The molecule has 0 unspecified atom stereocenters. The number of hydrogen-bond acceptors (Lipinski definition) is 6. The molecule has 0 aliphatic carbocycles. The number of methoxy groups -OCH3 is 1. The molecule has 2 rings (SSSR count). The first-order valence-electron chi connectivity index (χ1n) is 5.74. The van der Waals surface area contributed by atoms with Gasteiger partial charge < -0.3 is 10.1 Å². The molecule has 0 aliphatic rings. The van der Waals surface area contributed by atoms with Gasteiger partial charge in [0.1, 0.15) is 10.0 Å². The van der Waals surface area contributed by atoms with Crippen LogP contribution in [0.1, 0.15) is 10.7 Å². The molecule has 0 aromatic carbocycles. The van der Waals surface area contributed by atoms with Gasteiger partial charge >= 0.3 is 0 Å². The molecule has 0 spiro atoms. The van der Waals surface area contributed by atoms with Gasteiger partial charge in [-0.15, -0.1) is 10.2 Å². The molecule has 0 fully saturated rings. The average molecular weight is 264 g/mol. The lowest BCUT2D eigenvalue weighted by atomic mass is 10.3. The molecule has 18 heavy (non-hydrogen) atoms. The summed E-state index contributed by atoms with van der Waals surface area (Å²) in [6, 6.07) is 4.00. The van der Waals surface area contributed by atoms with Gasteiger partial charge in [-0.25, -0.2) is 0 Å². The first-order chi connectivity index (χ1) is 8.79. The topological polar surface area (TPSA) is 59.9 Å². The van der Waals surface area contributed by atoms with Gasteiger partial charge in [0.05, 0.1) is 6.61 Å². The Kier molecular flexibility index (Phi) is 4.74. The Labute approximate surface area is 110 Å². The molecule has 0 saturated carbocycles. The summed E-state index contributed by atoms with van der Waals surface area (Å²) in [7, 11) is 1.69. The van der Waals surface area contributed by atoms with Crippen molar-refractivity contribution in [1.82, 2.24) is 20.5 Å². The van der Waals surface area contributed by atoms with Crippen molar-refractivity contribution in [2.45, 2.75) is 13.5 Å². The van der Waals surface area contributed by atoms with Crippen LogP contribution < -0.4 is 5.32 Å². The lowest BCUT2D eigenvalue weighted by Crippen LogP contribution is -2.18. The SMILES string of the molecule is COCCNCc1nnc(-c2ccc(C)nc2)s1. The molecule has 0 atom stereocenters.